The number of hydrogen-bond acceptors (Lipinski definition) is 5. The fraction of sp³-hybridized carbons (Fsp3) is 0.286. The lowest BCUT2D eigenvalue weighted by Gasteiger charge is -2.07. The van der Waals surface area contributed by atoms with E-state index < -0.39 is 0 Å². The Hall–Kier alpha value is -2.08. The number of pyridine rings is 1. The Balaban J connectivity index is 2.37. The van der Waals surface area contributed by atoms with Crippen molar-refractivity contribution in [3.8, 4) is 10.6 Å². The van der Waals surface area contributed by atoms with Crippen LogP contribution in [0, 0.1) is 0 Å². The largest absolute Gasteiger partial charge is 0.397 e. The third kappa shape index (κ3) is 1.76. The molecule has 0 aromatic carbocycles. The molecule has 5 nitrogen and oxygen atoms in total. The van der Waals surface area contributed by atoms with Crippen LogP contribution >= 0.6 is 11.3 Å². The molecule has 0 unspecified atom stereocenters. The number of nitrogens with two attached hydrogens (primary N) is 2. The van der Waals surface area contributed by atoms with E-state index >= 15 is 0 Å². The van der Waals surface area contributed by atoms with Crippen LogP contribution in [0.2, 0.25) is 0 Å². The van der Waals surface area contributed by atoms with Gasteiger partial charge < -0.3 is 11.5 Å². The zero-order chi connectivity index (χ0) is 14.3. The zero-order valence-electron chi connectivity index (χ0n) is 11.5. The molecule has 0 fully saturated rings. The van der Waals surface area contributed by atoms with Crippen molar-refractivity contribution in [2.75, 3.05) is 11.5 Å². The number of thiophene rings is 1. The normalized spacial score (nSPS) is 11.3. The number of aromatic amines is 1. The highest BCUT2D eigenvalue weighted by Gasteiger charge is 2.19. The number of fused-ring (bicyclic) bond motifs is 1. The van der Waals surface area contributed by atoms with E-state index in [0.717, 1.165) is 44.9 Å². The van der Waals surface area contributed by atoms with Crippen molar-refractivity contribution in [1.82, 2.24) is 15.2 Å². The van der Waals surface area contributed by atoms with Gasteiger partial charge in [0.25, 0.3) is 0 Å². The summed E-state index contributed by atoms with van der Waals surface area (Å²) in [5, 5.41) is 7.04. The fourth-order valence-corrected chi connectivity index (χ4v) is 3.81. The highest BCUT2D eigenvalue weighted by Crippen LogP contribution is 2.42. The molecule has 104 valence electrons. The second kappa shape index (κ2) is 4.79. The molecule has 0 saturated heterocycles. The van der Waals surface area contributed by atoms with Crippen LogP contribution in [0.4, 0.5) is 11.5 Å². The molecule has 0 aliphatic carbocycles. The molecule has 0 bridgehead atoms. The van der Waals surface area contributed by atoms with Gasteiger partial charge in [0.05, 0.1) is 26.5 Å². The van der Waals surface area contributed by atoms with E-state index in [1.807, 2.05) is 13.0 Å². The Morgan fingerprint density at radius 2 is 1.95 bits per heavy atom. The number of nitrogen functional groups attached to an aromatic ring is 2. The third-order valence-corrected chi connectivity index (χ3v) is 4.83. The molecule has 0 atom stereocenters. The highest BCUT2D eigenvalue weighted by molar-refractivity contribution is 7.23. The first kappa shape index (κ1) is 12.9. The Bertz CT molecular complexity index is 758. The van der Waals surface area contributed by atoms with Gasteiger partial charge in [-0.25, -0.2) is 4.98 Å². The van der Waals surface area contributed by atoms with E-state index in [1.54, 1.807) is 17.5 Å². The van der Waals surface area contributed by atoms with Gasteiger partial charge in [-0.2, -0.15) is 5.10 Å². The number of hydrogen-bond donors (Lipinski definition) is 3. The van der Waals surface area contributed by atoms with E-state index in [-0.39, 0.29) is 0 Å². The molecular formula is C14H17N5S. The van der Waals surface area contributed by atoms with Crippen molar-refractivity contribution in [3.63, 3.8) is 0 Å². The summed E-state index contributed by atoms with van der Waals surface area (Å²) in [6.45, 7) is 4.16. The second-order valence-corrected chi connectivity index (χ2v) is 5.67. The van der Waals surface area contributed by atoms with Crippen molar-refractivity contribution in [3.05, 3.63) is 23.4 Å². The van der Waals surface area contributed by atoms with Gasteiger partial charge in [-0.1, -0.05) is 13.8 Å². The number of H-pyrrole nitrogens is 1. The van der Waals surface area contributed by atoms with E-state index in [2.05, 4.69) is 22.1 Å². The number of anilines is 2. The molecule has 3 aromatic heterocycles. The smallest absolute Gasteiger partial charge is 0.129 e. The minimum atomic E-state index is 0.543. The van der Waals surface area contributed by atoms with E-state index in [0.29, 0.717) is 5.82 Å². The standard InChI is InChI=1S/C14H17N5S/c1-3-7-10(15)13-11(18-14(7)16)8(4-2)12(20-13)9-5-6-17-19-9/h5-6H,3-4H2,1-2H3,(H,17,19)(H4,15,16,18). The van der Waals surface area contributed by atoms with Crippen LogP contribution in [-0.4, -0.2) is 15.2 Å². The molecule has 3 heterocycles. The molecule has 3 aromatic rings. The molecule has 0 amide bonds. The maximum absolute atomic E-state index is 6.29. The quantitative estimate of drug-likeness (QED) is 0.690. The monoisotopic (exact) mass is 287 g/mol. The molecule has 0 aliphatic heterocycles. The number of aromatic nitrogens is 3. The van der Waals surface area contributed by atoms with E-state index in [9.17, 15) is 0 Å². The SMILES string of the molecule is CCc1c(N)nc2c(CC)c(-c3ccn[nH]3)sc2c1N. The Kier molecular flexibility index (Phi) is 3.10. The van der Waals surface area contributed by atoms with Gasteiger partial charge in [-0.05, 0) is 24.5 Å². The van der Waals surface area contributed by atoms with Gasteiger partial charge in [-0.3, -0.25) is 5.10 Å². The number of rotatable bonds is 3. The molecule has 5 N–H and O–H groups in total. The molecule has 0 radical (unpaired) electrons. The molecular weight excluding hydrogens is 270 g/mol. The van der Waals surface area contributed by atoms with Crippen LogP contribution in [0.25, 0.3) is 20.8 Å². The molecule has 20 heavy (non-hydrogen) atoms. The topological polar surface area (TPSA) is 93.6 Å². The van der Waals surface area contributed by atoms with Gasteiger partial charge in [0.15, 0.2) is 0 Å². The second-order valence-electron chi connectivity index (χ2n) is 4.65. The summed E-state index contributed by atoms with van der Waals surface area (Å²) in [7, 11) is 0. The predicted octanol–water partition coefficient (Wildman–Crippen LogP) is 2.98. The van der Waals surface area contributed by atoms with Crippen LogP contribution in [0.15, 0.2) is 12.3 Å². The molecule has 6 heteroatoms. The summed E-state index contributed by atoms with van der Waals surface area (Å²) in [5.74, 6) is 0.543. The number of nitrogens with one attached hydrogen (secondary N) is 1. The predicted molar refractivity (Wildman–Crippen MR) is 84.8 cm³/mol. The Morgan fingerprint density at radius 3 is 2.55 bits per heavy atom. The van der Waals surface area contributed by atoms with Crippen LogP contribution in [0.5, 0.6) is 0 Å². The highest BCUT2D eigenvalue weighted by atomic mass is 32.1. The summed E-state index contributed by atoms with van der Waals surface area (Å²) in [4.78, 5) is 5.73. The lowest BCUT2D eigenvalue weighted by atomic mass is 10.1. The van der Waals surface area contributed by atoms with Crippen LogP contribution < -0.4 is 11.5 Å². The van der Waals surface area contributed by atoms with Crippen molar-refractivity contribution >= 4 is 33.1 Å². The summed E-state index contributed by atoms with van der Waals surface area (Å²) in [6, 6.07) is 1.96. The van der Waals surface area contributed by atoms with Gasteiger partial charge in [-0.15, -0.1) is 11.3 Å². The summed E-state index contributed by atoms with van der Waals surface area (Å²) in [6.07, 6.45) is 3.42. The van der Waals surface area contributed by atoms with Gasteiger partial charge in [0, 0.05) is 11.8 Å². The molecule has 0 aliphatic rings. The summed E-state index contributed by atoms with van der Waals surface area (Å²) < 4.78 is 1.03. The van der Waals surface area contributed by atoms with Crippen molar-refractivity contribution < 1.29 is 0 Å². The van der Waals surface area contributed by atoms with Gasteiger partial charge >= 0.3 is 0 Å². The average Bonchev–Trinajstić information content (AvgIpc) is 3.05. The lowest BCUT2D eigenvalue weighted by molar-refractivity contribution is 1.09. The molecule has 0 spiro atoms. The number of nitrogens with zero attached hydrogens (tertiary/aromatic N) is 2. The molecule has 0 saturated carbocycles. The van der Waals surface area contributed by atoms with E-state index in [1.165, 1.54) is 5.56 Å². The molecule has 3 rings (SSSR count). The zero-order valence-corrected chi connectivity index (χ0v) is 12.3. The minimum Gasteiger partial charge on any atom is -0.397 e. The van der Waals surface area contributed by atoms with E-state index in [4.69, 9.17) is 11.5 Å². The number of aryl methyl sites for hydroxylation is 1. The first-order valence-electron chi connectivity index (χ1n) is 6.66. The summed E-state index contributed by atoms with van der Waals surface area (Å²) >= 11 is 1.66. The van der Waals surface area contributed by atoms with Gasteiger partial charge in [0.2, 0.25) is 0 Å². The maximum atomic E-state index is 6.29. The van der Waals surface area contributed by atoms with Crippen molar-refractivity contribution in [2.24, 2.45) is 0 Å². The third-order valence-electron chi connectivity index (χ3n) is 3.54. The maximum Gasteiger partial charge on any atom is 0.129 e. The fourth-order valence-electron chi connectivity index (χ4n) is 2.52. The van der Waals surface area contributed by atoms with Crippen LogP contribution in [-0.2, 0) is 12.8 Å². The summed E-state index contributed by atoms with van der Waals surface area (Å²) in [5.41, 5.74) is 17.1. The van der Waals surface area contributed by atoms with Crippen LogP contribution in [0.3, 0.4) is 0 Å². The van der Waals surface area contributed by atoms with Crippen LogP contribution in [0.1, 0.15) is 25.0 Å². The van der Waals surface area contributed by atoms with Crippen molar-refractivity contribution in [2.45, 2.75) is 26.7 Å². The van der Waals surface area contributed by atoms with Gasteiger partial charge in [0.1, 0.15) is 5.82 Å². The minimum absolute atomic E-state index is 0.543. The Labute approximate surface area is 121 Å². The Morgan fingerprint density at radius 1 is 1.20 bits per heavy atom. The average molecular weight is 287 g/mol. The first-order valence-corrected chi connectivity index (χ1v) is 7.47. The first-order chi connectivity index (χ1) is 9.67. The lowest BCUT2D eigenvalue weighted by Crippen LogP contribution is -2.02. The van der Waals surface area contributed by atoms with Crippen molar-refractivity contribution in [1.29, 1.82) is 0 Å².